The maximum absolute atomic E-state index is 13.3. The number of carbonyl (C=O) groups excluding carboxylic acids is 1. The standard InChI is InChI=1S/C20H18FNO2/c1-14(2)19-12-18(15-6-4-3-5-7-15)20(22(19)24-13-23)16-8-10-17(21)11-9-16/h3-14H,1-2H3. The fourth-order valence-electron chi connectivity index (χ4n) is 2.79. The van der Waals surface area contributed by atoms with E-state index in [1.807, 2.05) is 50.2 Å². The first-order valence-corrected chi connectivity index (χ1v) is 7.79. The van der Waals surface area contributed by atoms with Gasteiger partial charge in [0.25, 0.3) is 0 Å². The number of carbonyl (C=O) groups is 1. The zero-order valence-corrected chi connectivity index (χ0v) is 13.6. The molecule has 0 saturated carbocycles. The van der Waals surface area contributed by atoms with Crippen molar-refractivity contribution >= 4 is 6.47 Å². The van der Waals surface area contributed by atoms with Crippen LogP contribution in [0.5, 0.6) is 0 Å². The molecule has 0 N–H and O–H groups in total. The van der Waals surface area contributed by atoms with Crippen LogP contribution in [0.25, 0.3) is 22.4 Å². The van der Waals surface area contributed by atoms with E-state index in [2.05, 4.69) is 0 Å². The highest BCUT2D eigenvalue weighted by Crippen LogP contribution is 2.36. The zero-order chi connectivity index (χ0) is 17.1. The Balaban J connectivity index is 2.29. The first kappa shape index (κ1) is 16.0. The predicted molar refractivity (Wildman–Crippen MR) is 92.0 cm³/mol. The van der Waals surface area contributed by atoms with Crippen LogP contribution < -0.4 is 4.84 Å². The number of hydrogen-bond acceptors (Lipinski definition) is 2. The van der Waals surface area contributed by atoms with Crippen LogP contribution in [0.4, 0.5) is 4.39 Å². The van der Waals surface area contributed by atoms with Crippen LogP contribution in [-0.2, 0) is 4.79 Å². The Hall–Kier alpha value is -2.88. The van der Waals surface area contributed by atoms with E-state index in [-0.39, 0.29) is 11.7 Å². The van der Waals surface area contributed by atoms with E-state index in [1.54, 1.807) is 12.1 Å². The fourth-order valence-corrected chi connectivity index (χ4v) is 2.79. The first-order valence-electron chi connectivity index (χ1n) is 7.79. The van der Waals surface area contributed by atoms with Gasteiger partial charge in [-0.2, -0.15) is 4.73 Å². The highest BCUT2D eigenvalue weighted by atomic mass is 19.1. The summed E-state index contributed by atoms with van der Waals surface area (Å²) in [7, 11) is 0. The molecule has 3 rings (SSSR count). The average Bonchev–Trinajstić information content (AvgIpc) is 2.96. The van der Waals surface area contributed by atoms with E-state index < -0.39 is 0 Å². The Bertz CT molecular complexity index is 836. The molecule has 0 aliphatic carbocycles. The van der Waals surface area contributed by atoms with Gasteiger partial charge in [0, 0.05) is 11.1 Å². The second-order valence-electron chi connectivity index (χ2n) is 5.86. The summed E-state index contributed by atoms with van der Waals surface area (Å²) in [4.78, 5) is 16.3. The van der Waals surface area contributed by atoms with Crippen molar-refractivity contribution in [3.05, 3.63) is 72.2 Å². The van der Waals surface area contributed by atoms with E-state index in [0.717, 1.165) is 28.1 Å². The topological polar surface area (TPSA) is 31.2 Å². The molecule has 0 saturated heterocycles. The SMILES string of the molecule is CC(C)c1cc(-c2ccccc2)c(-c2ccc(F)cc2)n1OC=O. The molecule has 3 aromatic rings. The van der Waals surface area contributed by atoms with Crippen LogP contribution in [0, 0.1) is 5.82 Å². The second kappa shape index (κ2) is 6.71. The lowest BCUT2D eigenvalue weighted by atomic mass is 10.0. The van der Waals surface area contributed by atoms with Gasteiger partial charge in [0.2, 0.25) is 0 Å². The van der Waals surface area contributed by atoms with Gasteiger partial charge in [-0.05, 0) is 41.8 Å². The number of benzene rings is 2. The molecular formula is C20H18FNO2. The van der Waals surface area contributed by atoms with Gasteiger partial charge >= 0.3 is 6.47 Å². The molecule has 0 fully saturated rings. The van der Waals surface area contributed by atoms with Gasteiger partial charge in [0.1, 0.15) is 5.82 Å². The third kappa shape index (κ3) is 2.95. The molecule has 0 amide bonds. The highest BCUT2D eigenvalue weighted by molar-refractivity contribution is 5.82. The summed E-state index contributed by atoms with van der Waals surface area (Å²) in [6.07, 6.45) is 0. The molecule has 0 aliphatic rings. The molecule has 0 atom stereocenters. The van der Waals surface area contributed by atoms with Crippen molar-refractivity contribution in [1.29, 1.82) is 0 Å². The van der Waals surface area contributed by atoms with E-state index in [0.29, 0.717) is 6.47 Å². The average molecular weight is 323 g/mol. The summed E-state index contributed by atoms with van der Waals surface area (Å²) < 4.78 is 14.8. The molecule has 0 bridgehead atoms. The van der Waals surface area contributed by atoms with Crippen LogP contribution >= 0.6 is 0 Å². The number of aromatic nitrogens is 1. The Morgan fingerprint density at radius 2 is 1.67 bits per heavy atom. The number of hydrogen-bond donors (Lipinski definition) is 0. The molecule has 0 spiro atoms. The summed E-state index contributed by atoms with van der Waals surface area (Å²) in [5, 5.41) is 0. The summed E-state index contributed by atoms with van der Waals surface area (Å²) in [5.74, 6) is -0.153. The molecule has 0 aliphatic heterocycles. The fraction of sp³-hybridized carbons (Fsp3) is 0.150. The molecule has 3 nitrogen and oxygen atoms in total. The molecular weight excluding hydrogens is 305 g/mol. The Labute approximate surface area is 140 Å². The smallest absolute Gasteiger partial charge is 0.321 e. The molecule has 0 radical (unpaired) electrons. The molecule has 4 heteroatoms. The Morgan fingerprint density at radius 1 is 1.00 bits per heavy atom. The minimum Gasteiger partial charge on any atom is -0.340 e. The van der Waals surface area contributed by atoms with Crippen molar-refractivity contribution in [3.63, 3.8) is 0 Å². The third-order valence-electron chi connectivity index (χ3n) is 3.93. The summed E-state index contributed by atoms with van der Waals surface area (Å²) in [5.41, 5.74) is 4.33. The maximum atomic E-state index is 13.3. The lowest BCUT2D eigenvalue weighted by molar-refractivity contribution is -0.129. The molecule has 2 aromatic carbocycles. The lowest BCUT2D eigenvalue weighted by Gasteiger charge is -2.13. The summed E-state index contributed by atoms with van der Waals surface area (Å²) in [6.45, 7) is 4.47. The van der Waals surface area contributed by atoms with Crippen LogP contribution in [0.15, 0.2) is 60.7 Å². The minimum atomic E-state index is -0.307. The van der Waals surface area contributed by atoms with E-state index >= 15 is 0 Å². The van der Waals surface area contributed by atoms with E-state index in [9.17, 15) is 9.18 Å². The van der Waals surface area contributed by atoms with Gasteiger partial charge in [-0.3, -0.25) is 4.79 Å². The highest BCUT2D eigenvalue weighted by Gasteiger charge is 2.21. The van der Waals surface area contributed by atoms with E-state index in [4.69, 9.17) is 4.84 Å². The largest absolute Gasteiger partial charge is 0.340 e. The quantitative estimate of drug-likeness (QED) is 0.639. The van der Waals surface area contributed by atoms with Crippen LogP contribution in [0.2, 0.25) is 0 Å². The minimum absolute atomic E-state index is 0.154. The number of halogens is 1. The summed E-state index contributed by atoms with van der Waals surface area (Å²) in [6, 6.07) is 18.0. The Morgan fingerprint density at radius 3 is 2.25 bits per heavy atom. The second-order valence-corrected chi connectivity index (χ2v) is 5.86. The van der Waals surface area contributed by atoms with E-state index in [1.165, 1.54) is 16.9 Å². The molecule has 24 heavy (non-hydrogen) atoms. The van der Waals surface area contributed by atoms with Crippen LogP contribution in [-0.4, -0.2) is 11.2 Å². The molecule has 122 valence electrons. The van der Waals surface area contributed by atoms with Crippen LogP contribution in [0.3, 0.4) is 0 Å². The predicted octanol–water partition coefficient (Wildman–Crippen LogP) is 4.67. The third-order valence-corrected chi connectivity index (χ3v) is 3.93. The van der Waals surface area contributed by atoms with Gasteiger partial charge in [-0.25, -0.2) is 4.39 Å². The summed E-state index contributed by atoms with van der Waals surface area (Å²) >= 11 is 0. The molecule has 0 unspecified atom stereocenters. The maximum Gasteiger partial charge on any atom is 0.321 e. The number of rotatable bonds is 5. The van der Waals surface area contributed by atoms with Crippen LogP contribution in [0.1, 0.15) is 25.5 Å². The van der Waals surface area contributed by atoms with Gasteiger partial charge < -0.3 is 4.84 Å². The van der Waals surface area contributed by atoms with Crippen molar-refractivity contribution in [1.82, 2.24) is 4.73 Å². The van der Waals surface area contributed by atoms with Crippen molar-refractivity contribution in [2.75, 3.05) is 0 Å². The van der Waals surface area contributed by atoms with Crippen molar-refractivity contribution in [2.45, 2.75) is 19.8 Å². The van der Waals surface area contributed by atoms with Gasteiger partial charge in [0.15, 0.2) is 0 Å². The van der Waals surface area contributed by atoms with Crippen molar-refractivity contribution in [2.24, 2.45) is 0 Å². The Kier molecular flexibility index (Phi) is 4.47. The van der Waals surface area contributed by atoms with Gasteiger partial charge in [0.05, 0.1) is 11.4 Å². The van der Waals surface area contributed by atoms with Crippen molar-refractivity contribution < 1.29 is 14.0 Å². The monoisotopic (exact) mass is 323 g/mol. The normalized spacial score (nSPS) is 10.8. The zero-order valence-electron chi connectivity index (χ0n) is 13.6. The molecule has 1 heterocycles. The van der Waals surface area contributed by atoms with Gasteiger partial charge in [-0.1, -0.05) is 44.2 Å². The lowest BCUT2D eigenvalue weighted by Crippen LogP contribution is -2.14. The number of nitrogens with zero attached hydrogens (tertiary/aromatic N) is 1. The van der Waals surface area contributed by atoms with Gasteiger partial charge in [-0.15, -0.1) is 0 Å². The van der Waals surface area contributed by atoms with Crippen molar-refractivity contribution in [3.8, 4) is 22.4 Å². The molecule has 1 aromatic heterocycles. The first-order chi connectivity index (χ1) is 11.6.